The molecular weight excluding hydrogens is 272 g/mol. The first-order chi connectivity index (χ1) is 9.85. The molecular formula is C15H22N2O4. The van der Waals surface area contributed by atoms with Crippen LogP contribution in [0.1, 0.15) is 44.0 Å². The predicted molar refractivity (Wildman–Crippen MR) is 80.6 cm³/mol. The van der Waals surface area contributed by atoms with Crippen molar-refractivity contribution in [2.75, 3.05) is 7.11 Å². The Morgan fingerprint density at radius 2 is 2.00 bits per heavy atom. The van der Waals surface area contributed by atoms with E-state index in [1.807, 2.05) is 6.92 Å². The van der Waals surface area contributed by atoms with Crippen LogP contribution in [0.25, 0.3) is 0 Å². The standard InChI is InChI=1S/C15H22N2O4/c1-10(2)5-6-11(3)16-15(18)13-9-12(17(19)20)7-8-14(13)21-4/h7-11H,5-6H2,1-4H3,(H,16,18). The maximum Gasteiger partial charge on any atom is 0.270 e. The van der Waals surface area contributed by atoms with Crippen LogP contribution in [0.4, 0.5) is 5.69 Å². The number of carbonyl (C=O) groups is 1. The highest BCUT2D eigenvalue weighted by atomic mass is 16.6. The summed E-state index contributed by atoms with van der Waals surface area (Å²) in [6.07, 6.45) is 1.87. The third kappa shape index (κ3) is 5.06. The number of nitrogens with one attached hydrogen (secondary N) is 1. The van der Waals surface area contributed by atoms with Gasteiger partial charge in [0.1, 0.15) is 5.75 Å². The lowest BCUT2D eigenvalue weighted by atomic mass is 10.0. The van der Waals surface area contributed by atoms with Crippen molar-refractivity contribution in [1.29, 1.82) is 0 Å². The van der Waals surface area contributed by atoms with E-state index < -0.39 is 4.92 Å². The van der Waals surface area contributed by atoms with Crippen molar-refractivity contribution in [3.05, 3.63) is 33.9 Å². The zero-order valence-electron chi connectivity index (χ0n) is 12.9. The number of amides is 1. The fourth-order valence-electron chi connectivity index (χ4n) is 1.94. The van der Waals surface area contributed by atoms with E-state index in [2.05, 4.69) is 19.2 Å². The Kier molecular flexibility index (Phi) is 6.14. The molecule has 0 radical (unpaired) electrons. The molecule has 0 bridgehead atoms. The third-order valence-electron chi connectivity index (χ3n) is 3.19. The number of ether oxygens (including phenoxy) is 1. The molecule has 1 aromatic carbocycles. The summed E-state index contributed by atoms with van der Waals surface area (Å²) in [4.78, 5) is 22.5. The van der Waals surface area contributed by atoms with Crippen molar-refractivity contribution in [3.63, 3.8) is 0 Å². The van der Waals surface area contributed by atoms with Gasteiger partial charge in [0.2, 0.25) is 0 Å². The summed E-state index contributed by atoms with van der Waals surface area (Å²) < 4.78 is 5.10. The summed E-state index contributed by atoms with van der Waals surface area (Å²) >= 11 is 0. The summed E-state index contributed by atoms with van der Waals surface area (Å²) in [5.41, 5.74) is 0.0545. The molecule has 6 nitrogen and oxygen atoms in total. The summed E-state index contributed by atoms with van der Waals surface area (Å²) in [5.74, 6) is 0.540. The van der Waals surface area contributed by atoms with E-state index in [0.29, 0.717) is 11.7 Å². The van der Waals surface area contributed by atoms with E-state index in [0.717, 1.165) is 12.8 Å². The molecule has 0 saturated carbocycles. The molecule has 0 saturated heterocycles. The van der Waals surface area contributed by atoms with Crippen LogP contribution in [0.3, 0.4) is 0 Å². The van der Waals surface area contributed by atoms with Gasteiger partial charge in [-0.2, -0.15) is 0 Å². The van der Waals surface area contributed by atoms with Gasteiger partial charge in [0, 0.05) is 18.2 Å². The number of nitro benzene ring substituents is 1. The summed E-state index contributed by atoms with van der Waals surface area (Å²) in [6.45, 7) is 6.17. The quantitative estimate of drug-likeness (QED) is 0.618. The smallest absolute Gasteiger partial charge is 0.270 e. The Morgan fingerprint density at radius 1 is 1.33 bits per heavy atom. The average Bonchev–Trinajstić information content (AvgIpc) is 2.44. The van der Waals surface area contributed by atoms with Crippen molar-refractivity contribution in [2.24, 2.45) is 5.92 Å². The predicted octanol–water partition coefficient (Wildman–Crippen LogP) is 3.16. The van der Waals surface area contributed by atoms with Crippen LogP contribution in [-0.2, 0) is 0 Å². The maximum atomic E-state index is 12.2. The normalized spacial score (nSPS) is 12.0. The van der Waals surface area contributed by atoms with Crippen LogP contribution in [0.5, 0.6) is 5.75 Å². The van der Waals surface area contributed by atoms with E-state index >= 15 is 0 Å². The number of hydrogen-bond acceptors (Lipinski definition) is 4. The van der Waals surface area contributed by atoms with Gasteiger partial charge < -0.3 is 10.1 Å². The van der Waals surface area contributed by atoms with Gasteiger partial charge in [0.05, 0.1) is 17.6 Å². The van der Waals surface area contributed by atoms with Crippen molar-refractivity contribution < 1.29 is 14.5 Å². The summed E-state index contributed by atoms with van der Waals surface area (Å²) in [7, 11) is 1.43. The van der Waals surface area contributed by atoms with E-state index in [-0.39, 0.29) is 23.2 Å². The van der Waals surface area contributed by atoms with Crippen molar-refractivity contribution in [3.8, 4) is 5.75 Å². The minimum Gasteiger partial charge on any atom is -0.496 e. The second-order valence-electron chi connectivity index (χ2n) is 5.49. The molecule has 1 unspecified atom stereocenters. The molecule has 21 heavy (non-hydrogen) atoms. The highest BCUT2D eigenvalue weighted by Gasteiger charge is 2.18. The van der Waals surface area contributed by atoms with Crippen LogP contribution < -0.4 is 10.1 Å². The van der Waals surface area contributed by atoms with Gasteiger partial charge in [-0.25, -0.2) is 0 Å². The van der Waals surface area contributed by atoms with Crippen LogP contribution in [-0.4, -0.2) is 24.0 Å². The highest BCUT2D eigenvalue weighted by Crippen LogP contribution is 2.24. The lowest BCUT2D eigenvalue weighted by molar-refractivity contribution is -0.384. The van der Waals surface area contributed by atoms with Gasteiger partial charge in [-0.05, 0) is 31.7 Å². The maximum absolute atomic E-state index is 12.2. The van der Waals surface area contributed by atoms with Crippen LogP contribution in [0, 0.1) is 16.0 Å². The topological polar surface area (TPSA) is 81.5 Å². The zero-order valence-corrected chi connectivity index (χ0v) is 12.9. The van der Waals surface area contributed by atoms with Crippen molar-refractivity contribution >= 4 is 11.6 Å². The largest absolute Gasteiger partial charge is 0.496 e. The first-order valence-electron chi connectivity index (χ1n) is 6.98. The SMILES string of the molecule is COc1ccc([N+](=O)[O-])cc1C(=O)NC(C)CCC(C)C. The van der Waals surface area contributed by atoms with Crippen molar-refractivity contribution in [2.45, 2.75) is 39.7 Å². The Bertz CT molecular complexity index is 514. The monoisotopic (exact) mass is 294 g/mol. The Hall–Kier alpha value is -2.11. The molecule has 6 heteroatoms. The molecule has 0 aliphatic carbocycles. The number of nitro groups is 1. The number of hydrogen-bond donors (Lipinski definition) is 1. The highest BCUT2D eigenvalue weighted by molar-refractivity contribution is 5.97. The number of methoxy groups -OCH3 is 1. The molecule has 0 spiro atoms. The molecule has 1 rings (SSSR count). The number of carbonyl (C=O) groups excluding carboxylic acids is 1. The fraction of sp³-hybridized carbons (Fsp3) is 0.533. The molecule has 1 amide bonds. The molecule has 0 aliphatic heterocycles. The lowest BCUT2D eigenvalue weighted by Crippen LogP contribution is -2.33. The van der Waals surface area contributed by atoms with E-state index in [9.17, 15) is 14.9 Å². The van der Waals surface area contributed by atoms with E-state index in [4.69, 9.17) is 4.74 Å². The summed E-state index contributed by atoms with van der Waals surface area (Å²) in [6, 6.07) is 4.00. The first-order valence-corrected chi connectivity index (χ1v) is 6.98. The Morgan fingerprint density at radius 3 is 2.52 bits per heavy atom. The minimum atomic E-state index is -0.529. The van der Waals surface area contributed by atoms with Crippen LogP contribution in [0.2, 0.25) is 0 Å². The number of nitrogens with zero attached hydrogens (tertiary/aromatic N) is 1. The van der Waals surface area contributed by atoms with E-state index in [1.165, 1.54) is 25.3 Å². The zero-order chi connectivity index (χ0) is 16.0. The van der Waals surface area contributed by atoms with Gasteiger partial charge in [-0.15, -0.1) is 0 Å². The first kappa shape index (κ1) is 16.9. The van der Waals surface area contributed by atoms with Gasteiger partial charge >= 0.3 is 0 Å². The van der Waals surface area contributed by atoms with Gasteiger partial charge in [0.15, 0.2) is 0 Å². The number of benzene rings is 1. The average molecular weight is 294 g/mol. The van der Waals surface area contributed by atoms with Gasteiger partial charge in [0.25, 0.3) is 11.6 Å². The minimum absolute atomic E-state index is 0.00358. The molecule has 0 heterocycles. The van der Waals surface area contributed by atoms with E-state index in [1.54, 1.807) is 0 Å². The molecule has 0 fully saturated rings. The lowest BCUT2D eigenvalue weighted by Gasteiger charge is -2.16. The second-order valence-corrected chi connectivity index (χ2v) is 5.49. The number of non-ortho nitro benzene ring substituents is 1. The third-order valence-corrected chi connectivity index (χ3v) is 3.19. The van der Waals surface area contributed by atoms with Crippen LogP contribution in [0.15, 0.2) is 18.2 Å². The molecule has 1 atom stereocenters. The Balaban J connectivity index is 2.85. The second kappa shape index (κ2) is 7.61. The van der Waals surface area contributed by atoms with Crippen molar-refractivity contribution in [1.82, 2.24) is 5.32 Å². The molecule has 116 valence electrons. The number of rotatable bonds is 7. The van der Waals surface area contributed by atoms with Gasteiger partial charge in [-0.1, -0.05) is 13.8 Å². The van der Waals surface area contributed by atoms with Crippen LogP contribution >= 0.6 is 0 Å². The Labute approximate surface area is 124 Å². The molecule has 0 aliphatic rings. The fourth-order valence-corrected chi connectivity index (χ4v) is 1.94. The molecule has 1 aromatic rings. The van der Waals surface area contributed by atoms with Gasteiger partial charge in [-0.3, -0.25) is 14.9 Å². The molecule has 0 aromatic heterocycles. The summed E-state index contributed by atoms with van der Waals surface area (Å²) in [5, 5.41) is 13.7. The molecule has 1 N–H and O–H groups in total.